The van der Waals surface area contributed by atoms with Crippen LogP contribution in [0.2, 0.25) is 0 Å². The number of anilines is 2. The zero-order valence-electron chi connectivity index (χ0n) is 16.5. The fraction of sp³-hybridized carbons (Fsp3) is 0.0526. The van der Waals surface area contributed by atoms with E-state index in [1.165, 1.54) is 49.5 Å². The average Bonchev–Trinajstić information content (AvgIpc) is 2.75. The molecule has 3 aromatic carbocycles. The van der Waals surface area contributed by atoms with Gasteiger partial charge < -0.3 is 0 Å². The van der Waals surface area contributed by atoms with E-state index in [9.17, 15) is 29.6 Å². The first-order valence-electron chi connectivity index (χ1n) is 8.88. The van der Waals surface area contributed by atoms with E-state index in [4.69, 9.17) is 0 Å². The number of para-hydroxylation sites is 2. The number of sulfonamides is 3. The Morgan fingerprint density at radius 1 is 0.594 bits per heavy atom. The molecule has 0 aliphatic rings. The minimum absolute atomic E-state index is 0.0839. The van der Waals surface area contributed by atoms with Crippen LogP contribution >= 0.6 is 0 Å². The van der Waals surface area contributed by atoms with Gasteiger partial charge in [0.2, 0.25) is 10.0 Å². The number of nitrogens with one attached hydrogen (secondary N) is 3. The van der Waals surface area contributed by atoms with Crippen molar-refractivity contribution >= 4 is 41.4 Å². The summed E-state index contributed by atoms with van der Waals surface area (Å²) in [5, 5.41) is 0. The molecule has 0 saturated heterocycles. The summed E-state index contributed by atoms with van der Waals surface area (Å²) >= 11 is 0. The highest BCUT2D eigenvalue weighted by atomic mass is 32.2. The lowest BCUT2D eigenvalue weighted by atomic mass is 10.3. The molecule has 0 saturated carbocycles. The first kappa shape index (κ1) is 23.7. The van der Waals surface area contributed by atoms with Gasteiger partial charge in [0, 0.05) is 0 Å². The van der Waals surface area contributed by atoms with Crippen molar-refractivity contribution in [2.45, 2.75) is 14.7 Å². The first-order valence-corrected chi connectivity index (χ1v) is 13.3. The quantitative estimate of drug-likeness (QED) is 0.435. The lowest BCUT2D eigenvalue weighted by Crippen LogP contribution is -2.20. The molecular weight excluding hydrogens is 481 g/mol. The molecule has 0 spiro atoms. The minimum Gasteiger partial charge on any atom is -0.277 e. The second kappa shape index (κ2) is 8.86. The fourth-order valence-corrected chi connectivity index (χ4v) is 5.66. The van der Waals surface area contributed by atoms with Crippen LogP contribution in [0.5, 0.6) is 0 Å². The van der Waals surface area contributed by atoms with Gasteiger partial charge in [-0.1, -0.05) is 18.2 Å². The van der Waals surface area contributed by atoms with Crippen LogP contribution in [0, 0.1) is 5.82 Å². The van der Waals surface area contributed by atoms with Crippen LogP contribution in [0.1, 0.15) is 0 Å². The Balaban J connectivity index is 1.94. The van der Waals surface area contributed by atoms with Crippen LogP contribution in [0.25, 0.3) is 0 Å². The van der Waals surface area contributed by atoms with Gasteiger partial charge in [-0.2, -0.15) is 0 Å². The smallest absolute Gasteiger partial charge is 0.262 e. The van der Waals surface area contributed by atoms with E-state index in [-0.39, 0.29) is 26.1 Å². The third-order valence-electron chi connectivity index (χ3n) is 4.23. The molecule has 32 heavy (non-hydrogen) atoms. The van der Waals surface area contributed by atoms with E-state index < -0.39 is 35.9 Å². The monoisotopic (exact) mass is 499 g/mol. The molecule has 9 nitrogen and oxygen atoms in total. The summed E-state index contributed by atoms with van der Waals surface area (Å²) in [6.07, 6.45) is 0. The normalized spacial score (nSPS) is 12.3. The summed E-state index contributed by atoms with van der Waals surface area (Å²) in [5.74, 6) is -0.611. The van der Waals surface area contributed by atoms with Crippen molar-refractivity contribution in [3.8, 4) is 0 Å². The Labute approximate surface area is 185 Å². The molecule has 0 bridgehead atoms. The Kier molecular flexibility index (Phi) is 6.55. The lowest BCUT2D eigenvalue weighted by Gasteiger charge is -2.15. The Bertz CT molecular complexity index is 1460. The summed E-state index contributed by atoms with van der Waals surface area (Å²) in [5.41, 5.74) is -0.181. The summed E-state index contributed by atoms with van der Waals surface area (Å²) in [7, 11) is -11.1. The van der Waals surface area contributed by atoms with Gasteiger partial charge in [-0.05, 0) is 61.6 Å². The van der Waals surface area contributed by atoms with Gasteiger partial charge in [0.1, 0.15) is 5.82 Å². The minimum atomic E-state index is -4.28. The highest BCUT2D eigenvalue weighted by molar-refractivity contribution is 7.93. The van der Waals surface area contributed by atoms with Gasteiger partial charge >= 0.3 is 0 Å². The number of hydrogen-bond donors (Lipinski definition) is 3. The van der Waals surface area contributed by atoms with Crippen molar-refractivity contribution in [1.29, 1.82) is 0 Å². The Morgan fingerprint density at radius 2 is 1.06 bits per heavy atom. The second-order valence-corrected chi connectivity index (χ2v) is 11.6. The molecule has 0 unspecified atom stereocenters. The van der Waals surface area contributed by atoms with Gasteiger partial charge in [-0.15, -0.1) is 0 Å². The second-order valence-electron chi connectivity index (χ2n) is 6.39. The highest BCUT2D eigenvalue weighted by Crippen LogP contribution is 2.27. The molecule has 3 N–H and O–H groups in total. The van der Waals surface area contributed by atoms with Crippen molar-refractivity contribution in [3.63, 3.8) is 0 Å². The van der Waals surface area contributed by atoms with Gasteiger partial charge in [-0.3, -0.25) is 9.44 Å². The zero-order chi connectivity index (χ0) is 23.6. The average molecular weight is 500 g/mol. The molecule has 0 radical (unpaired) electrons. The molecular formula is C19H18FN3O6S3. The van der Waals surface area contributed by atoms with E-state index >= 15 is 0 Å². The maximum atomic E-state index is 13.1. The van der Waals surface area contributed by atoms with Crippen molar-refractivity contribution in [3.05, 3.63) is 78.6 Å². The summed E-state index contributed by atoms with van der Waals surface area (Å²) in [4.78, 5) is -0.820. The molecule has 0 fully saturated rings. The molecule has 0 atom stereocenters. The Hall–Kier alpha value is -3.00. The fourth-order valence-electron chi connectivity index (χ4n) is 2.61. The molecule has 13 heteroatoms. The zero-order valence-corrected chi connectivity index (χ0v) is 18.9. The number of halogens is 1. The molecule has 0 aliphatic heterocycles. The third kappa shape index (κ3) is 5.24. The van der Waals surface area contributed by atoms with Crippen molar-refractivity contribution < 1.29 is 29.6 Å². The molecule has 0 heterocycles. The number of benzene rings is 3. The number of hydrogen-bond acceptors (Lipinski definition) is 6. The lowest BCUT2D eigenvalue weighted by molar-refractivity contribution is 0.587. The number of rotatable bonds is 8. The van der Waals surface area contributed by atoms with Gasteiger partial charge in [0.15, 0.2) is 0 Å². The highest BCUT2D eigenvalue weighted by Gasteiger charge is 2.21. The van der Waals surface area contributed by atoms with E-state index in [0.717, 1.165) is 30.3 Å². The predicted octanol–water partition coefficient (Wildman–Crippen LogP) is 2.34. The van der Waals surface area contributed by atoms with Crippen LogP contribution < -0.4 is 14.2 Å². The van der Waals surface area contributed by atoms with Crippen molar-refractivity contribution in [2.24, 2.45) is 0 Å². The standard InChI is InChI=1S/C19H18FN3O6S3/c1-21-30(24,25)16-5-4-6-17(13-16)32(28,29)23-19-8-3-2-7-18(19)22-31(26,27)15-11-9-14(20)10-12-15/h2-13,21-23H,1H3. The maximum Gasteiger partial charge on any atom is 0.262 e. The summed E-state index contributed by atoms with van der Waals surface area (Å²) in [6, 6.07) is 14.4. The van der Waals surface area contributed by atoms with E-state index in [1.807, 2.05) is 0 Å². The van der Waals surface area contributed by atoms with Crippen LogP contribution in [0.3, 0.4) is 0 Å². The Morgan fingerprint density at radius 3 is 1.56 bits per heavy atom. The molecule has 0 aromatic heterocycles. The van der Waals surface area contributed by atoms with Crippen molar-refractivity contribution in [1.82, 2.24) is 4.72 Å². The topological polar surface area (TPSA) is 139 Å². The maximum absolute atomic E-state index is 13.1. The third-order valence-corrected chi connectivity index (χ3v) is 8.39. The SMILES string of the molecule is CNS(=O)(=O)c1cccc(S(=O)(=O)Nc2ccccc2NS(=O)(=O)c2ccc(F)cc2)c1. The largest absolute Gasteiger partial charge is 0.277 e. The van der Waals surface area contributed by atoms with Crippen LogP contribution in [-0.4, -0.2) is 32.3 Å². The van der Waals surface area contributed by atoms with E-state index in [0.29, 0.717) is 0 Å². The summed E-state index contributed by atoms with van der Waals surface area (Å²) in [6.45, 7) is 0. The summed E-state index contributed by atoms with van der Waals surface area (Å²) < 4.78 is 94.6. The van der Waals surface area contributed by atoms with E-state index in [1.54, 1.807) is 0 Å². The molecule has 3 aromatic rings. The van der Waals surface area contributed by atoms with Crippen LogP contribution in [0.15, 0.2) is 87.5 Å². The molecule has 0 amide bonds. The van der Waals surface area contributed by atoms with Gasteiger partial charge in [-0.25, -0.2) is 34.4 Å². The molecule has 170 valence electrons. The van der Waals surface area contributed by atoms with Gasteiger partial charge in [0.05, 0.1) is 26.1 Å². The predicted molar refractivity (Wildman–Crippen MR) is 117 cm³/mol. The molecule has 3 rings (SSSR count). The van der Waals surface area contributed by atoms with Crippen molar-refractivity contribution in [2.75, 3.05) is 16.5 Å². The molecule has 0 aliphatic carbocycles. The van der Waals surface area contributed by atoms with E-state index in [2.05, 4.69) is 14.2 Å². The van der Waals surface area contributed by atoms with Crippen LogP contribution in [-0.2, 0) is 30.1 Å². The van der Waals surface area contributed by atoms with Gasteiger partial charge in [0.25, 0.3) is 20.0 Å². The first-order chi connectivity index (χ1) is 14.9. The van der Waals surface area contributed by atoms with Crippen LogP contribution in [0.4, 0.5) is 15.8 Å².